The zero-order valence-electron chi connectivity index (χ0n) is 31.9. The topological polar surface area (TPSA) is 57.5 Å². The van der Waals surface area contributed by atoms with Gasteiger partial charge in [0.2, 0.25) is 0 Å². The fraction of sp³-hybridized carbons (Fsp3) is 0.837. The van der Waals surface area contributed by atoms with E-state index >= 15 is 0 Å². The Bertz CT molecular complexity index is 872. The van der Waals surface area contributed by atoms with Gasteiger partial charge in [-0.1, -0.05) is 202 Å². The van der Waals surface area contributed by atoms with Crippen LogP contribution in [0.1, 0.15) is 226 Å². The number of hydrogen-bond donors (Lipinski definition) is 2. The van der Waals surface area contributed by atoms with E-state index in [1.807, 2.05) is 0 Å². The third-order valence-electron chi connectivity index (χ3n) is 10.7. The quantitative estimate of drug-likeness (QED) is 0.0821. The lowest BCUT2D eigenvalue weighted by molar-refractivity contribution is -0.142. The maximum atomic E-state index is 12.4. The van der Waals surface area contributed by atoms with Gasteiger partial charge in [-0.05, 0) is 42.1 Å². The van der Waals surface area contributed by atoms with Crippen LogP contribution in [0.15, 0.2) is 12.1 Å². The largest absolute Gasteiger partial charge is 0.507 e. The lowest BCUT2D eigenvalue weighted by Crippen LogP contribution is -2.24. The first kappa shape index (κ1) is 42.5. The van der Waals surface area contributed by atoms with Crippen molar-refractivity contribution in [2.24, 2.45) is 5.92 Å². The molecule has 0 aromatic heterocycles. The van der Waals surface area contributed by atoms with E-state index in [1.54, 1.807) is 0 Å². The van der Waals surface area contributed by atoms with Crippen LogP contribution in [-0.2, 0) is 22.0 Å². The molecule has 0 aliphatic carbocycles. The fourth-order valence-electron chi connectivity index (χ4n) is 7.28. The summed E-state index contributed by atoms with van der Waals surface area (Å²) in [6, 6.07) is 4.30. The Balaban J connectivity index is 2.68. The number of phenols is 1. The summed E-state index contributed by atoms with van der Waals surface area (Å²) in [5.41, 5.74) is 2.78. The molecule has 1 aromatic carbocycles. The summed E-state index contributed by atoms with van der Waals surface area (Å²) in [4.78, 5) is 12.4. The number of rotatable bonds is 30. The van der Waals surface area contributed by atoms with Crippen LogP contribution in [0.25, 0.3) is 0 Å². The molecule has 0 amide bonds. The first-order valence-corrected chi connectivity index (χ1v) is 20.1. The van der Waals surface area contributed by atoms with Gasteiger partial charge in [-0.25, -0.2) is 0 Å². The SMILES string of the molecule is CCCCCCCCCCCCCCCCCCC(Cc1cc(C(C)(C)CCCCC)c(O)c(C(C)(C)CCCCC)c1)C(=O)O. The second kappa shape index (κ2) is 24.6. The number of aliphatic carboxylic acids is 1. The van der Waals surface area contributed by atoms with Gasteiger partial charge >= 0.3 is 5.97 Å². The third-order valence-corrected chi connectivity index (χ3v) is 10.7. The maximum Gasteiger partial charge on any atom is 0.306 e. The molecule has 3 heteroatoms. The molecule has 0 bridgehead atoms. The summed E-state index contributed by atoms with van der Waals surface area (Å²) in [5.74, 6) is -0.610. The Morgan fingerprint density at radius 2 is 0.891 bits per heavy atom. The minimum Gasteiger partial charge on any atom is -0.507 e. The molecule has 0 spiro atoms. The Labute approximate surface area is 287 Å². The van der Waals surface area contributed by atoms with E-state index < -0.39 is 5.97 Å². The summed E-state index contributed by atoms with van der Waals surface area (Å²) in [6.45, 7) is 15.7. The highest BCUT2D eigenvalue weighted by atomic mass is 16.4. The van der Waals surface area contributed by atoms with Crippen molar-refractivity contribution in [3.05, 3.63) is 28.8 Å². The van der Waals surface area contributed by atoms with Gasteiger partial charge in [-0.2, -0.15) is 0 Å². The molecular weight excluding hydrogens is 564 g/mol. The van der Waals surface area contributed by atoms with Crippen LogP contribution in [-0.4, -0.2) is 16.2 Å². The molecule has 0 aliphatic heterocycles. The zero-order chi connectivity index (χ0) is 34.3. The Kier molecular flexibility index (Phi) is 22.7. The second-order valence-electron chi connectivity index (χ2n) is 16.1. The first-order valence-electron chi connectivity index (χ1n) is 20.1. The molecular formula is C43H78O3. The lowest BCUT2D eigenvalue weighted by Gasteiger charge is -2.33. The predicted octanol–water partition coefficient (Wildman–Crippen LogP) is 14.0. The van der Waals surface area contributed by atoms with Crippen LogP contribution in [0.2, 0.25) is 0 Å². The van der Waals surface area contributed by atoms with Crippen molar-refractivity contribution >= 4 is 5.97 Å². The molecule has 46 heavy (non-hydrogen) atoms. The second-order valence-corrected chi connectivity index (χ2v) is 16.1. The lowest BCUT2D eigenvalue weighted by atomic mass is 9.72. The summed E-state index contributed by atoms with van der Waals surface area (Å²) in [7, 11) is 0. The Hall–Kier alpha value is -1.51. The number of phenolic OH excluding ortho intramolecular Hbond substituents is 1. The van der Waals surface area contributed by atoms with Gasteiger partial charge in [-0.3, -0.25) is 4.79 Å². The van der Waals surface area contributed by atoms with Crippen LogP contribution in [0.5, 0.6) is 5.75 Å². The summed E-state index contributed by atoms with van der Waals surface area (Å²) >= 11 is 0. The van der Waals surface area contributed by atoms with Gasteiger partial charge in [-0.15, -0.1) is 0 Å². The monoisotopic (exact) mass is 643 g/mol. The summed E-state index contributed by atoms with van der Waals surface area (Å²) in [5, 5.41) is 21.9. The standard InChI is InChI=1S/C43H78O3/c1-8-11-14-15-16-17-18-19-20-21-22-23-24-25-26-27-30-37(41(45)46)33-36-34-38(42(4,5)31-28-12-9-2)40(44)39(35-36)43(6,7)32-29-13-10-3/h34-35,37,44H,8-33H2,1-7H3,(H,45,46). The minimum absolute atomic E-state index is 0.157. The van der Waals surface area contributed by atoms with Crippen LogP contribution in [0, 0.1) is 5.92 Å². The van der Waals surface area contributed by atoms with Crippen molar-refractivity contribution in [3.63, 3.8) is 0 Å². The number of aromatic hydroxyl groups is 1. The molecule has 1 rings (SSSR count). The van der Waals surface area contributed by atoms with Gasteiger partial charge in [0.1, 0.15) is 5.75 Å². The minimum atomic E-state index is -0.679. The molecule has 0 radical (unpaired) electrons. The molecule has 3 nitrogen and oxygen atoms in total. The zero-order valence-corrected chi connectivity index (χ0v) is 31.9. The number of carboxylic acid groups (broad SMARTS) is 1. The predicted molar refractivity (Wildman–Crippen MR) is 201 cm³/mol. The number of carboxylic acids is 1. The van der Waals surface area contributed by atoms with Crippen molar-refractivity contribution in [1.29, 1.82) is 0 Å². The summed E-state index contributed by atoms with van der Waals surface area (Å²) in [6.07, 6.45) is 31.6. The summed E-state index contributed by atoms with van der Waals surface area (Å²) < 4.78 is 0. The van der Waals surface area contributed by atoms with E-state index in [1.165, 1.54) is 116 Å². The van der Waals surface area contributed by atoms with Crippen LogP contribution in [0.3, 0.4) is 0 Å². The van der Waals surface area contributed by atoms with Gasteiger partial charge < -0.3 is 10.2 Å². The molecule has 0 saturated carbocycles. The normalized spacial score (nSPS) is 12.9. The highest BCUT2D eigenvalue weighted by molar-refractivity contribution is 5.70. The first-order chi connectivity index (χ1) is 22.0. The van der Waals surface area contributed by atoms with E-state index in [2.05, 4.69) is 60.6 Å². The van der Waals surface area contributed by atoms with Crippen molar-refractivity contribution in [2.45, 2.75) is 226 Å². The van der Waals surface area contributed by atoms with Crippen molar-refractivity contribution in [2.75, 3.05) is 0 Å². The highest BCUT2D eigenvalue weighted by Gasteiger charge is 2.32. The Morgan fingerprint density at radius 3 is 1.24 bits per heavy atom. The third kappa shape index (κ3) is 17.6. The van der Waals surface area contributed by atoms with Gasteiger partial charge in [0.15, 0.2) is 0 Å². The van der Waals surface area contributed by atoms with Crippen molar-refractivity contribution in [3.8, 4) is 5.75 Å². The van der Waals surface area contributed by atoms with E-state index in [0.29, 0.717) is 12.2 Å². The number of unbranched alkanes of at least 4 members (excludes halogenated alkanes) is 19. The van der Waals surface area contributed by atoms with E-state index in [-0.39, 0.29) is 16.7 Å². The fourth-order valence-corrected chi connectivity index (χ4v) is 7.28. The molecule has 2 N–H and O–H groups in total. The molecule has 1 unspecified atom stereocenters. The average Bonchev–Trinajstić information content (AvgIpc) is 3.00. The van der Waals surface area contributed by atoms with Crippen LogP contribution < -0.4 is 0 Å². The molecule has 0 heterocycles. The average molecular weight is 643 g/mol. The van der Waals surface area contributed by atoms with Crippen LogP contribution in [0.4, 0.5) is 0 Å². The number of hydrogen-bond acceptors (Lipinski definition) is 2. The molecule has 1 atom stereocenters. The highest BCUT2D eigenvalue weighted by Crippen LogP contribution is 2.44. The molecule has 0 fully saturated rings. The van der Waals surface area contributed by atoms with Gasteiger partial charge in [0.25, 0.3) is 0 Å². The van der Waals surface area contributed by atoms with Crippen molar-refractivity contribution < 1.29 is 15.0 Å². The van der Waals surface area contributed by atoms with E-state index in [0.717, 1.165) is 61.6 Å². The van der Waals surface area contributed by atoms with Crippen molar-refractivity contribution in [1.82, 2.24) is 0 Å². The van der Waals surface area contributed by atoms with Gasteiger partial charge in [0, 0.05) is 11.1 Å². The smallest absolute Gasteiger partial charge is 0.306 e. The van der Waals surface area contributed by atoms with Gasteiger partial charge in [0.05, 0.1) is 5.92 Å². The number of carbonyl (C=O) groups is 1. The maximum absolute atomic E-state index is 12.4. The molecule has 0 aliphatic rings. The molecule has 268 valence electrons. The Morgan fingerprint density at radius 1 is 0.565 bits per heavy atom. The number of benzene rings is 1. The van der Waals surface area contributed by atoms with E-state index in [9.17, 15) is 15.0 Å². The van der Waals surface area contributed by atoms with E-state index in [4.69, 9.17) is 0 Å². The van der Waals surface area contributed by atoms with Crippen LogP contribution >= 0.6 is 0 Å². The molecule has 1 aromatic rings. The molecule has 0 saturated heterocycles.